The first-order chi connectivity index (χ1) is 13.2. The van der Waals surface area contributed by atoms with Crippen LogP contribution in [0.1, 0.15) is 103 Å². The van der Waals surface area contributed by atoms with E-state index in [0.29, 0.717) is 17.4 Å². The smallest absolute Gasteiger partial charge is 0.306 e. The van der Waals surface area contributed by atoms with Crippen molar-refractivity contribution in [3.63, 3.8) is 0 Å². The molecule has 0 radical (unpaired) electrons. The number of nitrogens with zero attached hydrogens (tertiary/aromatic N) is 1. The average Bonchev–Trinajstić information content (AvgIpc) is 2.56. The van der Waals surface area contributed by atoms with Crippen molar-refractivity contribution in [1.82, 2.24) is 0 Å². The maximum atomic E-state index is 12.0. The minimum Gasteiger partial charge on any atom is -0.550 e. The van der Waals surface area contributed by atoms with Gasteiger partial charge in [0.2, 0.25) is 0 Å². The van der Waals surface area contributed by atoms with E-state index in [0.717, 1.165) is 19.3 Å². The molecule has 0 unspecified atom stereocenters. The van der Waals surface area contributed by atoms with Crippen LogP contribution in [0.5, 0.6) is 0 Å². The van der Waals surface area contributed by atoms with Gasteiger partial charge < -0.3 is 19.1 Å². The number of carboxylic acids is 1. The van der Waals surface area contributed by atoms with Crippen molar-refractivity contribution in [1.29, 1.82) is 0 Å². The number of hydrogen-bond acceptors (Lipinski definition) is 4. The molecule has 0 aliphatic heterocycles. The van der Waals surface area contributed by atoms with Crippen LogP contribution in [0.4, 0.5) is 0 Å². The summed E-state index contributed by atoms with van der Waals surface area (Å²) in [7, 11) is 5.84. The number of esters is 1. The van der Waals surface area contributed by atoms with E-state index in [2.05, 4.69) is 6.92 Å². The summed E-state index contributed by atoms with van der Waals surface area (Å²) < 4.78 is 5.91. The molecule has 0 rings (SSSR count). The highest BCUT2D eigenvalue weighted by molar-refractivity contribution is 5.85. The summed E-state index contributed by atoms with van der Waals surface area (Å²) in [6.45, 7) is 2.72. The van der Waals surface area contributed by atoms with E-state index in [4.69, 9.17) is 4.74 Å². The van der Waals surface area contributed by atoms with Gasteiger partial charge in [0.15, 0.2) is 6.10 Å². The van der Waals surface area contributed by atoms with Crippen molar-refractivity contribution in [2.24, 2.45) is 0 Å². The van der Waals surface area contributed by atoms with Crippen LogP contribution in [0.25, 0.3) is 0 Å². The van der Waals surface area contributed by atoms with Crippen molar-refractivity contribution in [2.75, 3.05) is 27.7 Å². The molecule has 0 aromatic heterocycles. The zero-order valence-corrected chi connectivity index (χ0v) is 20.2. The van der Waals surface area contributed by atoms with Gasteiger partial charge in [0, 0.05) is 18.8 Å². The molecule has 0 aliphatic carbocycles. The van der Waals surface area contributed by atoms with Crippen LogP contribution in [0.3, 0.4) is 0 Å². The molecule has 0 aliphatic rings. The number of carbonyl (C=O) groups is 2. The Bertz CT molecular complexity index is 410. The lowest BCUT2D eigenvalue weighted by Gasteiger charge is -2.29. The Labute approximate surface area is 185 Å². The molecule has 174 valence electrons. The Balaban J connectivity index is 0. The second-order valence-electron chi connectivity index (χ2n) is 9.15. The van der Waals surface area contributed by atoms with Crippen LogP contribution in [0.15, 0.2) is 0 Å². The molecule has 0 spiro atoms. The Hall–Kier alpha value is -0.810. The summed E-state index contributed by atoms with van der Waals surface area (Å²) >= 11 is 0. The molecule has 1 atom stereocenters. The SMILES string of the molecule is CCCCCCCCCCCC[13CH2][13CH2][13CH2][13C](=O)O[C@H](CC(=O)[O-])C[N+](C)(C)C.Cl. The third-order valence-corrected chi connectivity index (χ3v) is 4.93. The standard InChI is InChI=1S/C23H45NO4.ClH/c1-5-6-7-8-9-10-11-12-13-14-15-16-17-18-23(27)28-21(19-22(25)26)20-24(2,3)4;/h21H,5-20H2,1-4H3;1H/t21-;/m1./s1/i16+1,17+1,18+1,23+1;. The number of unbranched alkanes of at least 4 members (excludes halogenated alkanes) is 12. The lowest BCUT2D eigenvalue weighted by atomic mass is 10.1. The van der Waals surface area contributed by atoms with Crippen molar-refractivity contribution in [3.05, 3.63) is 0 Å². The number of halogens is 1. The maximum Gasteiger partial charge on any atom is 0.306 e. The molecular formula is C23H46ClNO4. The predicted molar refractivity (Wildman–Crippen MR) is 120 cm³/mol. The van der Waals surface area contributed by atoms with Crippen LogP contribution in [0, 0.1) is 0 Å². The predicted octanol–water partition coefficient (Wildman–Crippen LogP) is 4.65. The number of aliphatic carboxylic acids is 1. The van der Waals surface area contributed by atoms with Gasteiger partial charge in [0.1, 0.15) is 6.54 Å². The third-order valence-electron chi connectivity index (χ3n) is 4.93. The van der Waals surface area contributed by atoms with Crippen LogP contribution in [-0.2, 0) is 14.3 Å². The number of rotatable bonds is 19. The summed E-state index contributed by atoms with van der Waals surface area (Å²) in [6, 6.07) is 0. The van der Waals surface area contributed by atoms with Gasteiger partial charge in [0.05, 0.1) is 21.1 Å². The monoisotopic (exact) mass is 439 g/mol. The molecule has 0 saturated carbocycles. The summed E-state index contributed by atoms with van der Waals surface area (Å²) in [5.41, 5.74) is 0. The lowest BCUT2D eigenvalue weighted by molar-refractivity contribution is -0.873. The average molecular weight is 440 g/mol. The fourth-order valence-electron chi connectivity index (χ4n) is 3.47. The van der Waals surface area contributed by atoms with E-state index in [1.807, 2.05) is 21.1 Å². The third kappa shape index (κ3) is 23.3. The number of quaternary nitrogens is 1. The largest absolute Gasteiger partial charge is 0.550 e. The molecule has 0 bridgehead atoms. The Morgan fingerprint density at radius 3 is 1.59 bits per heavy atom. The van der Waals surface area contributed by atoms with Crippen molar-refractivity contribution in [2.45, 2.75) is 109 Å². The van der Waals surface area contributed by atoms with Gasteiger partial charge in [-0.2, -0.15) is 0 Å². The van der Waals surface area contributed by atoms with Gasteiger partial charge in [-0.15, -0.1) is 12.4 Å². The van der Waals surface area contributed by atoms with Gasteiger partial charge in [0.25, 0.3) is 0 Å². The van der Waals surface area contributed by atoms with Crippen LogP contribution in [-0.4, -0.2) is 50.2 Å². The quantitative estimate of drug-likeness (QED) is 0.127. The summed E-state index contributed by atoms with van der Waals surface area (Å²) in [5.74, 6) is -1.46. The molecule has 0 N–H and O–H groups in total. The molecule has 0 amide bonds. The summed E-state index contributed by atoms with van der Waals surface area (Å²) in [5, 5.41) is 10.9. The first-order valence-electron chi connectivity index (χ1n) is 11.4. The van der Waals surface area contributed by atoms with Crippen molar-refractivity contribution >= 4 is 24.3 Å². The molecule has 6 heteroatoms. The maximum absolute atomic E-state index is 12.0. The molecule has 0 aromatic rings. The summed E-state index contributed by atoms with van der Waals surface area (Å²) in [6.07, 6.45) is 16.0. The molecule has 0 heterocycles. The Morgan fingerprint density at radius 2 is 1.21 bits per heavy atom. The van der Waals surface area contributed by atoms with E-state index in [1.165, 1.54) is 64.2 Å². The van der Waals surface area contributed by atoms with E-state index >= 15 is 0 Å². The minimum absolute atomic E-state index is 0. The molecule has 0 fully saturated rings. The Morgan fingerprint density at radius 1 is 0.793 bits per heavy atom. The molecule has 29 heavy (non-hydrogen) atoms. The first-order valence-corrected chi connectivity index (χ1v) is 11.4. The lowest BCUT2D eigenvalue weighted by Crippen LogP contribution is -2.45. The number of likely N-dealkylation sites (N-methyl/N-ethyl adjacent to an activating group) is 1. The van der Waals surface area contributed by atoms with Crippen molar-refractivity contribution in [3.8, 4) is 0 Å². The fraction of sp³-hybridized carbons (Fsp3) is 0.913. The van der Waals surface area contributed by atoms with Gasteiger partial charge >= 0.3 is 5.97 Å². The van der Waals surface area contributed by atoms with E-state index < -0.39 is 12.1 Å². The van der Waals surface area contributed by atoms with Gasteiger partial charge in [-0.1, -0.05) is 84.0 Å². The van der Waals surface area contributed by atoms with Crippen LogP contribution in [0.2, 0.25) is 0 Å². The van der Waals surface area contributed by atoms with E-state index in [9.17, 15) is 14.7 Å². The second-order valence-corrected chi connectivity index (χ2v) is 9.15. The number of hydrogen-bond donors (Lipinski definition) is 0. The highest BCUT2D eigenvalue weighted by Gasteiger charge is 2.22. The summed E-state index contributed by atoms with van der Waals surface area (Å²) in [4.78, 5) is 22.8. The van der Waals surface area contributed by atoms with Crippen LogP contribution >= 0.6 is 12.4 Å². The minimum atomic E-state index is -1.17. The van der Waals surface area contributed by atoms with E-state index in [1.54, 1.807) is 0 Å². The fourth-order valence-corrected chi connectivity index (χ4v) is 3.47. The van der Waals surface area contributed by atoms with Gasteiger partial charge in [-0.25, -0.2) is 0 Å². The highest BCUT2D eigenvalue weighted by atomic mass is 35.5. The molecular weight excluding hydrogens is 394 g/mol. The zero-order valence-electron chi connectivity index (χ0n) is 19.4. The normalized spacial score (nSPS) is 12.3. The topological polar surface area (TPSA) is 66.4 Å². The number of carbonyl (C=O) groups excluding carboxylic acids is 2. The second kappa shape index (κ2) is 19.2. The van der Waals surface area contributed by atoms with Crippen molar-refractivity contribution < 1.29 is 23.9 Å². The first kappa shape index (κ1) is 30.4. The molecule has 0 saturated heterocycles. The molecule has 5 nitrogen and oxygen atoms in total. The number of ether oxygens (including phenoxy) is 1. The molecule has 0 aromatic carbocycles. The van der Waals surface area contributed by atoms with Crippen LogP contribution < -0.4 is 5.11 Å². The Kier molecular flexibility index (Phi) is 20.1. The van der Waals surface area contributed by atoms with Gasteiger partial charge in [-0.3, -0.25) is 4.79 Å². The van der Waals surface area contributed by atoms with Gasteiger partial charge in [-0.05, 0) is 6.42 Å². The van der Waals surface area contributed by atoms with E-state index in [-0.39, 0.29) is 24.8 Å². The number of carboxylic acid groups (broad SMARTS) is 1. The highest BCUT2D eigenvalue weighted by Crippen LogP contribution is 2.13. The zero-order chi connectivity index (χ0) is 21.3.